The first-order valence-electron chi connectivity index (χ1n) is 28.0. The molecule has 0 radical (unpaired) electrons. The minimum Gasteiger partial charge on any atom is -0.480 e. The first kappa shape index (κ1) is 57.9. The molecule has 2 aliphatic carbocycles. The Labute approximate surface area is 465 Å². The number of nitrogens with zero attached hydrogens (tertiary/aromatic N) is 2. The van der Waals surface area contributed by atoms with E-state index in [9.17, 15) is 38.7 Å². The highest BCUT2D eigenvalue weighted by Crippen LogP contribution is 2.44. The molecular weight excluding hydrogens is 1020 g/mol. The molecule has 0 bridgehead atoms. The number of ether oxygens (including phenoxy) is 1. The lowest BCUT2D eigenvalue weighted by molar-refractivity contribution is -0.143. The van der Waals surface area contributed by atoms with Crippen LogP contribution < -0.4 is 43.8 Å². The van der Waals surface area contributed by atoms with Gasteiger partial charge in [-0.15, -0.1) is 0 Å². The van der Waals surface area contributed by atoms with Crippen molar-refractivity contribution >= 4 is 58.5 Å². The molecule has 13 N–H and O–H groups in total. The van der Waals surface area contributed by atoms with E-state index in [0.29, 0.717) is 18.4 Å². The van der Waals surface area contributed by atoms with E-state index in [1.165, 1.54) is 4.90 Å². The van der Waals surface area contributed by atoms with Gasteiger partial charge < -0.3 is 63.5 Å². The molecule has 0 unspecified atom stereocenters. The van der Waals surface area contributed by atoms with Gasteiger partial charge in [-0.1, -0.05) is 129 Å². The number of rotatable bonds is 26. The Hall–Kier alpha value is -8.26. The number of carboxylic acids is 1. The fraction of sp³-hybridized carbons (Fsp3) is 0.433. The number of aliphatic imine (C=N–C) groups is 1. The van der Waals surface area contributed by atoms with Crippen LogP contribution in [0.2, 0.25) is 0 Å². The Balaban J connectivity index is 0.975. The van der Waals surface area contributed by atoms with Gasteiger partial charge in [-0.3, -0.25) is 29.0 Å². The Bertz CT molecular complexity index is 2950. The van der Waals surface area contributed by atoms with Crippen LogP contribution in [0.4, 0.5) is 4.79 Å². The Morgan fingerprint density at radius 1 is 0.662 bits per heavy atom. The molecule has 2 heterocycles. The fourth-order valence-corrected chi connectivity index (χ4v) is 11.5. The summed E-state index contributed by atoms with van der Waals surface area (Å²) in [5.41, 5.74) is 23.3. The molecule has 1 saturated heterocycles. The SMILES string of the molecule is NCCC[C@H](NC(=O)[C@H](Cc1ccccc1)NC(=O)OCC1c2ccccc2-c2ccccc21)C(=O)N1CCC[C@H]1C(=O)N[C@H](CC1CCCCC1)C(=O)N[C@@H](Cc1c[nH]c2ccccc12)C(=O)N[C@H](CCCN=C(N)N)C(=O)O. The second kappa shape index (κ2) is 28.1. The van der Waals surface area contributed by atoms with Gasteiger partial charge in [0.2, 0.25) is 29.5 Å². The second-order valence-electron chi connectivity index (χ2n) is 21.2. The number of hydrogen-bond acceptors (Lipinski definition) is 10. The number of aromatic nitrogens is 1. The van der Waals surface area contributed by atoms with Gasteiger partial charge in [0.05, 0.1) is 0 Å². The molecule has 20 nitrogen and oxygen atoms in total. The van der Waals surface area contributed by atoms with E-state index in [4.69, 9.17) is 21.9 Å². The van der Waals surface area contributed by atoms with Crippen molar-refractivity contribution in [2.45, 2.75) is 132 Å². The third-order valence-corrected chi connectivity index (χ3v) is 15.6. The van der Waals surface area contributed by atoms with Crippen LogP contribution in [0.3, 0.4) is 0 Å². The molecule has 8 rings (SSSR count). The number of guanidine groups is 1. The molecule has 3 aliphatic rings. The molecule has 20 heteroatoms. The van der Waals surface area contributed by atoms with E-state index in [2.05, 4.69) is 36.6 Å². The first-order chi connectivity index (χ1) is 38.8. The number of para-hydroxylation sites is 1. The smallest absolute Gasteiger partial charge is 0.407 e. The van der Waals surface area contributed by atoms with Crippen LogP contribution in [-0.4, -0.2) is 125 Å². The van der Waals surface area contributed by atoms with Crippen molar-refractivity contribution in [1.29, 1.82) is 0 Å². The van der Waals surface area contributed by atoms with Gasteiger partial charge >= 0.3 is 12.1 Å². The normalized spacial score (nSPS) is 16.9. The third-order valence-electron chi connectivity index (χ3n) is 15.6. The summed E-state index contributed by atoms with van der Waals surface area (Å²) in [6.07, 6.45) is 7.36. The van der Waals surface area contributed by atoms with Gasteiger partial charge in [0.15, 0.2) is 5.96 Å². The predicted octanol–water partition coefficient (Wildman–Crippen LogP) is 4.64. The van der Waals surface area contributed by atoms with Gasteiger partial charge in [-0.05, 0) is 96.9 Å². The number of carboxylic acid groups (broad SMARTS) is 1. The highest BCUT2D eigenvalue weighted by molar-refractivity contribution is 5.97. The van der Waals surface area contributed by atoms with E-state index in [-0.39, 0.29) is 89.0 Å². The van der Waals surface area contributed by atoms with E-state index >= 15 is 0 Å². The summed E-state index contributed by atoms with van der Waals surface area (Å²) >= 11 is 0. The standard InChI is InChI=1S/C60H75N11O9/c61-29-13-26-47(66-54(73)50(33-38-18-5-2-6-19-38)70-60(79)80-36-45-43-23-9-7-21-41(43)42-22-8-10-24-44(42)45)57(76)71-31-15-28-52(71)56(75)69-49(32-37-16-3-1-4-17-37)53(72)68-51(34-39-35-65-46-25-12-11-20-40(39)46)55(74)67-48(58(77)78)27-14-30-64-59(62)63/h2,5-12,18-25,35,37,45,47-52,65H,1,3-4,13-17,26-34,36,61H2,(H,66,73)(H,67,74)(H,68,72)(H,69,75)(H,70,79)(H,77,78)(H4,62,63,64)/t47-,48+,49+,50-,51-,52-/m0/s1. The highest BCUT2D eigenvalue weighted by atomic mass is 16.5. The minimum absolute atomic E-state index is 0.00574. The lowest BCUT2D eigenvalue weighted by atomic mass is 9.84. The quantitative estimate of drug-likeness (QED) is 0.0206. The van der Waals surface area contributed by atoms with E-state index in [1.54, 1.807) is 6.20 Å². The maximum Gasteiger partial charge on any atom is 0.407 e. The van der Waals surface area contributed by atoms with Crippen molar-refractivity contribution in [3.63, 3.8) is 0 Å². The lowest BCUT2D eigenvalue weighted by Gasteiger charge is -2.32. The molecule has 4 aromatic carbocycles. The number of fused-ring (bicyclic) bond motifs is 4. The Morgan fingerprint density at radius 3 is 1.96 bits per heavy atom. The number of carbonyl (C=O) groups excluding carboxylic acids is 6. The summed E-state index contributed by atoms with van der Waals surface area (Å²) in [5.74, 6) is -4.66. The van der Waals surface area contributed by atoms with Crippen LogP contribution >= 0.6 is 0 Å². The summed E-state index contributed by atoms with van der Waals surface area (Å²) in [4.78, 5) is 108. The van der Waals surface area contributed by atoms with Gasteiger partial charge in [-0.25, -0.2) is 9.59 Å². The molecule has 80 heavy (non-hydrogen) atoms. The van der Waals surface area contributed by atoms with Crippen LogP contribution in [0.15, 0.2) is 114 Å². The number of carbonyl (C=O) groups is 7. The number of benzene rings is 4. The highest BCUT2D eigenvalue weighted by Gasteiger charge is 2.41. The largest absolute Gasteiger partial charge is 0.480 e. The fourth-order valence-electron chi connectivity index (χ4n) is 11.5. The van der Waals surface area contributed by atoms with E-state index in [0.717, 1.165) is 70.8 Å². The van der Waals surface area contributed by atoms with Crippen molar-refractivity contribution in [3.05, 3.63) is 132 Å². The zero-order valence-corrected chi connectivity index (χ0v) is 45.1. The number of nitrogens with two attached hydrogens (primary N) is 3. The van der Waals surface area contributed by atoms with Crippen LogP contribution in [0.1, 0.15) is 105 Å². The number of alkyl carbamates (subject to hydrolysis) is 1. The molecule has 1 saturated carbocycles. The number of nitrogens with one attached hydrogen (secondary N) is 6. The van der Waals surface area contributed by atoms with Gasteiger partial charge in [-0.2, -0.15) is 0 Å². The molecule has 6 atom stereocenters. The lowest BCUT2D eigenvalue weighted by Crippen LogP contribution is -2.59. The van der Waals surface area contributed by atoms with Crippen molar-refractivity contribution in [1.82, 2.24) is 36.5 Å². The monoisotopic (exact) mass is 1090 g/mol. The molecule has 0 spiro atoms. The van der Waals surface area contributed by atoms with Crippen LogP contribution in [0, 0.1) is 5.92 Å². The number of hydrogen-bond donors (Lipinski definition) is 10. The first-order valence-corrected chi connectivity index (χ1v) is 28.0. The molecule has 424 valence electrons. The van der Waals surface area contributed by atoms with Gasteiger partial charge in [0.1, 0.15) is 42.9 Å². The van der Waals surface area contributed by atoms with E-state index < -0.39 is 77.8 Å². The Kier molecular flexibility index (Phi) is 20.3. The third kappa shape index (κ3) is 15.1. The predicted molar refractivity (Wildman–Crippen MR) is 304 cm³/mol. The average molecular weight is 1090 g/mol. The molecule has 1 aromatic heterocycles. The van der Waals surface area contributed by atoms with Crippen LogP contribution in [0.5, 0.6) is 0 Å². The summed E-state index contributed by atoms with van der Waals surface area (Å²) in [7, 11) is 0. The maximum absolute atomic E-state index is 14.8. The zero-order chi connectivity index (χ0) is 56.5. The number of aliphatic carboxylic acids is 1. The summed E-state index contributed by atoms with van der Waals surface area (Å²) in [5, 5.41) is 25.1. The topological polar surface area (TPSA) is 319 Å². The van der Waals surface area contributed by atoms with Crippen molar-refractivity contribution in [2.75, 3.05) is 26.2 Å². The Morgan fingerprint density at radius 2 is 1.27 bits per heavy atom. The molecule has 6 amide bonds. The number of H-pyrrole nitrogens is 1. The van der Waals surface area contributed by atoms with Crippen molar-refractivity contribution < 1.29 is 43.4 Å². The maximum atomic E-state index is 14.8. The van der Waals surface area contributed by atoms with Gasteiger partial charge in [0.25, 0.3) is 0 Å². The van der Waals surface area contributed by atoms with Crippen LogP contribution in [-0.2, 0) is 46.3 Å². The average Bonchev–Trinajstić information content (AvgIpc) is 4.26. The summed E-state index contributed by atoms with van der Waals surface area (Å²) in [6, 6.07) is 25.5. The molecule has 1 aliphatic heterocycles. The summed E-state index contributed by atoms with van der Waals surface area (Å²) < 4.78 is 5.86. The number of amides is 6. The van der Waals surface area contributed by atoms with Crippen molar-refractivity contribution in [3.8, 4) is 11.1 Å². The van der Waals surface area contributed by atoms with Crippen molar-refractivity contribution in [2.24, 2.45) is 28.1 Å². The minimum atomic E-state index is -1.33. The van der Waals surface area contributed by atoms with Crippen LogP contribution in [0.25, 0.3) is 22.0 Å². The number of aromatic amines is 1. The summed E-state index contributed by atoms with van der Waals surface area (Å²) in [6.45, 7) is 0.574. The molecular formula is C60H75N11O9. The molecule has 5 aromatic rings. The second-order valence-corrected chi connectivity index (χ2v) is 21.2. The zero-order valence-electron chi connectivity index (χ0n) is 45.1. The van der Waals surface area contributed by atoms with E-state index in [1.807, 2.05) is 103 Å². The van der Waals surface area contributed by atoms with Gasteiger partial charge in [0, 0.05) is 48.9 Å². The molecule has 2 fully saturated rings. The number of likely N-dealkylation sites (tertiary alicyclic amines) is 1.